The van der Waals surface area contributed by atoms with Crippen molar-refractivity contribution in [3.63, 3.8) is 0 Å². The Labute approximate surface area is 86.3 Å². The quantitative estimate of drug-likeness (QED) is 0.476. The molecule has 0 spiro atoms. The van der Waals surface area contributed by atoms with Gasteiger partial charge in [0.05, 0.1) is 0 Å². The standard InChI is InChI=1S/C12H20O2/c1-8-6-11(14-10(3)13)7-12(4,5)9(8)2/h11H,6-7H2,1-5H3. The molecule has 0 amide bonds. The van der Waals surface area contributed by atoms with E-state index < -0.39 is 0 Å². The molecule has 0 radical (unpaired) electrons. The highest BCUT2D eigenvalue weighted by Crippen LogP contribution is 2.40. The molecule has 0 aromatic rings. The van der Waals surface area contributed by atoms with Gasteiger partial charge in [0.1, 0.15) is 6.10 Å². The fraction of sp³-hybridized carbons (Fsp3) is 0.750. The van der Waals surface area contributed by atoms with Gasteiger partial charge in [0.25, 0.3) is 0 Å². The van der Waals surface area contributed by atoms with Gasteiger partial charge in [-0.2, -0.15) is 0 Å². The van der Waals surface area contributed by atoms with Crippen LogP contribution in [0.4, 0.5) is 0 Å². The summed E-state index contributed by atoms with van der Waals surface area (Å²) in [5, 5.41) is 0. The lowest BCUT2D eigenvalue weighted by atomic mass is 9.72. The molecule has 0 bridgehead atoms. The number of allylic oxidation sites excluding steroid dienone is 1. The first kappa shape index (κ1) is 11.3. The van der Waals surface area contributed by atoms with Crippen molar-refractivity contribution in [1.82, 2.24) is 0 Å². The minimum atomic E-state index is -0.168. The molecule has 14 heavy (non-hydrogen) atoms. The Bertz CT molecular complexity index is 274. The molecule has 1 atom stereocenters. The van der Waals surface area contributed by atoms with E-state index in [0.29, 0.717) is 0 Å². The predicted molar refractivity (Wildman–Crippen MR) is 56.9 cm³/mol. The first-order valence-electron chi connectivity index (χ1n) is 5.17. The summed E-state index contributed by atoms with van der Waals surface area (Å²) in [4.78, 5) is 10.9. The Balaban J connectivity index is 2.79. The molecule has 0 saturated carbocycles. The van der Waals surface area contributed by atoms with Gasteiger partial charge in [-0.3, -0.25) is 4.79 Å². The maximum atomic E-state index is 10.9. The Hall–Kier alpha value is -0.790. The molecule has 2 heteroatoms. The average molecular weight is 196 g/mol. The van der Waals surface area contributed by atoms with E-state index in [1.807, 2.05) is 0 Å². The third kappa shape index (κ3) is 2.37. The zero-order valence-corrected chi connectivity index (χ0v) is 9.81. The van der Waals surface area contributed by atoms with E-state index in [4.69, 9.17) is 4.74 Å². The highest BCUT2D eigenvalue weighted by atomic mass is 16.5. The predicted octanol–water partition coefficient (Wildman–Crippen LogP) is 3.07. The minimum absolute atomic E-state index is 0.0752. The van der Waals surface area contributed by atoms with Crippen LogP contribution in [-0.2, 0) is 9.53 Å². The summed E-state index contributed by atoms with van der Waals surface area (Å²) in [6.07, 6.45) is 1.91. The average Bonchev–Trinajstić information content (AvgIpc) is 1.98. The van der Waals surface area contributed by atoms with Gasteiger partial charge in [0, 0.05) is 13.3 Å². The van der Waals surface area contributed by atoms with E-state index in [2.05, 4.69) is 27.7 Å². The molecular formula is C12H20O2. The second-order valence-electron chi connectivity index (χ2n) is 4.93. The molecule has 1 aliphatic carbocycles. The second kappa shape index (κ2) is 3.76. The number of carbonyl (C=O) groups excluding carboxylic acids is 1. The molecule has 0 saturated heterocycles. The van der Waals surface area contributed by atoms with Crippen molar-refractivity contribution >= 4 is 5.97 Å². The van der Waals surface area contributed by atoms with Crippen LogP contribution in [0.1, 0.15) is 47.5 Å². The summed E-state index contributed by atoms with van der Waals surface area (Å²) in [6, 6.07) is 0. The normalized spacial score (nSPS) is 26.2. The smallest absolute Gasteiger partial charge is 0.302 e. The van der Waals surface area contributed by atoms with Crippen molar-refractivity contribution in [3.8, 4) is 0 Å². The fourth-order valence-corrected chi connectivity index (χ4v) is 2.18. The SMILES string of the molecule is CC(=O)OC1CC(C)=C(C)C(C)(C)C1. The highest BCUT2D eigenvalue weighted by Gasteiger charge is 2.32. The van der Waals surface area contributed by atoms with Gasteiger partial charge in [0.15, 0.2) is 0 Å². The number of esters is 1. The molecule has 0 aromatic heterocycles. The number of carbonyl (C=O) groups is 1. The Morgan fingerprint density at radius 2 is 2.00 bits per heavy atom. The van der Waals surface area contributed by atoms with Crippen molar-refractivity contribution in [2.45, 2.75) is 53.6 Å². The lowest BCUT2D eigenvalue weighted by molar-refractivity contribution is -0.147. The van der Waals surface area contributed by atoms with Crippen LogP contribution < -0.4 is 0 Å². The van der Waals surface area contributed by atoms with Gasteiger partial charge in [-0.1, -0.05) is 25.0 Å². The van der Waals surface area contributed by atoms with E-state index in [-0.39, 0.29) is 17.5 Å². The zero-order valence-electron chi connectivity index (χ0n) is 9.81. The molecule has 80 valence electrons. The molecule has 0 fully saturated rings. The van der Waals surface area contributed by atoms with Crippen LogP contribution >= 0.6 is 0 Å². The number of ether oxygens (including phenoxy) is 1. The van der Waals surface area contributed by atoms with E-state index in [1.165, 1.54) is 18.1 Å². The van der Waals surface area contributed by atoms with E-state index >= 15 is 0 Å². The van der Waals surface area contributed by atoms with Gasteiger partial charge < -0.3 is 4.74 Å². The van der Waals surface area contributed by atoms with E-state index in [0.717, 1.165) is 12.8 Å². The molecule has 1 aliphatic rings. The van der Waals surface area contributed by atoms with Crippen LogP contribution in [0.5, 0.6) is 0 Å². The van der Waals surface area contributed by atoms with Crippen molar-refractivity contribution < 1.29 is 9.53 Å². The van der Waals surface area contributed by atoms with Gasteiger partial charge in [-0.05, 0) is 25.7 Å². The van der Waals surface area contributed by atoms with Gasteiger partial charge in [-0.15, -0.1) is 0 Å². The molecular weight excluding hydrogens is 176 g/mol. The summed E-state index contributed by atoms with van der Waals surface area (Å²) in [5.41, 5.74) is 2.98. The van der Waals surface area contributed by atoms with Crippen LogP contribution in [0, 0.1) is 5.41 Å². The maximum absolute atomic E-state index is 10.9. The van der Waals surface area contributed by atoms with Crippen molar-refractivity contribution in [2.24, 2.45) is 5.41 Å². The monoisotopic (exact) mass is 196 g/mol. The summed E-state index contributed by atoms with van der Waals surface area (Å²) in [6.45, 7) is 10.2. The number of hydrogen-bond donors (Lipinski definition) is 0. The second-order valence-corrected chi connectivity index (χ2v) is 4.93. The van der Waals surface area contributed by atoms with Crippen LogP contribution in [-0.4, -0.2) is 12.1 Å². The van der Waals surface area contributed by atoms with Gasteiger partial charge >= 0.3 is 5.97 Å². The zero-order chi connectivity index (χ0) is 10.9. The molecule has 1 unspecified atom stereocenters. The first-order chi connectivity index (χ1) is 6.33. The molecule has 1 rings (SSSR count). The largest absolute Gasteiger partial charge is 0.462 e. The molecule has 0 aliphatic heterocycles. The molecule has 0 aromatic carbocycles. The minimum Gasteiger partial charge on any atom is -0.462 e. The molecule has 0 heterocycles. The lowest BCUT2D eigenvalue weighted by Crippen LogP contribution is -2.30. The molecule has 2 nitrogen and oxygen atoms in total. The number of rotatable bonds is 1. The summed E-state index contributed by atoms with van der Waals surface area (Å²) in [5.74, 6) is -0.168. The van der Waals surface area contributed by atoms with E-state index in [9.17, 15) is 4.79 Å². The van der Waals surface area contributed by atoms with Crippen molar-refractivity contribution in [1.29, 1.82) is 0 Å². The third-order valence-corrected chi connectivity index (χ3v) is 3.26. The Morgan fingerprint density at radius 1 is 1.43 bits per heavy atom. The van der Waals surface area contributed by atoms with E-state index in [1.54, 1.807) is 0 Å². The molecule has 0 N–H and O–H groups in total. The third-order valence-electron chi connectivity index (χ3n) is 3.26. The Morgan fingerprint density at radius 3 is 2.43 bits per heavy atom. The Kier molecular flexibility index (Phi) is 3.03. The highest BCUT2D eigenvalue weighted by molar-refractivity contribution is 5.66. The van der Waals surface area contributed by atoms with Crippen LogP contribution in [0.15, 0.2) is 11.1 Å². The van der Waals surface area contributed by atoms with Crippen LogP contribution in [0.2, 0.25) is 0 Å². The van der Waals surface area contributed by atoms with Gasteiger partial charge in [0.2, 0.25) is 0 Å². The number of hydrogen-bond acceptors (Lipinski definition) is 2. The maximum Gasteiger partial charge on any atom is 0.302 e. The first-order valence-corrected chi connectivity index (χ1v) is 5.17. The van der Waals surface area contributed by atoms with Crippen LogP contribution in [0.3, 0.4) is 0 Å². The lowest BCUT2D eigenvalue weighted by Gasteiger charge is -2.36. The summed E-state index contributed by atoms with van der Waals surface area (Å²) >= 11 is 0. The summed E-state index contributed by atoms with van der Waals surface area (Å²) < 4.78 is 5.27. The van der Waals surface area contributed by atoms with Gasteiger partial charge in [-0.25, -0.2) is 0 Å². The van der Waals surface area contributed by atoms with Crippen molar-refractivity contribution in [3.05, 3.63) is 11.1 Å². The topological polar surface area (TPSA) is 26.3 Å². The van der Waals surface area contributed by atoms with Crippen LogP contribution in [0.25, 0.3) is 0 Å². The fourth-order valence-electron chi connectivity index (χ4n) is 2.18. The summed E-state index contributed by atoms with van der Waals surface area (Å²) in [7, 11) is 0. The van der Waals surface area contributed by atoms with Crippen molar-refractivity contribution in [2.75, 3.05) is 0 Å².